The summed E-state index contributed by atoms with van der Waals surface area (Å²) in [4.78, 5) is 26.5. The van der Waals surface area contributed by atoms with Crippen LogP contribution in [0.5, 0.6) is 0 Å². The predicted octanol–water partition coefficient (Wildman–Crippen LogP) is 6.37. The summed E-state index contributed by atoms with van der Waals surface area (Å²) in [6, 6.07) is 0. The molecule has 5 heteroatoms. The molecule has 11 atom stereocenters. The van der Waals surface area contributed by atoms with Crippen LogP contribution >= 0.6 is 0 Å². The quantitative estimate of drug-likeness (QED) is 0.443. The van der Waals surface area contributed by atoms with Crippen molar-refractivity contribution in [3.8, 4) is 0 Å². The van der Waals surface area contributed by atoms with Gasteiger partial charge in [-0.25, -0.2) is 4.79 Å². The lowest BCUT2D eigenvalue weighted by Crippen LogP contribution is -2.65. The average Bonchev–Trinajstić information content (AvgIpc) is 3.35. The van der Waals surface area contributed by atoms with Crippen LogP contribution in [0, 0.1) is 45.3 Å². The van der Waals surface area contributed by atoms with E-state index >= 15 is 0 Å². The standard InChI is InChI=1S/C32H48O5/c1-7-20(33)15-26(34)37-25-16-24-29(4)12-8-13-32(17-18(32)2)23(29)11-14-30(24,5)22-10-9-21-19(3)36-28(35)27(21)31(22,25)6/h18-20,22-25,33H,7-17H2,1-6H3/t18-,19-,20?,22-,23?,24?,25-,29-,30-,31+,32-/m0/s1. The van der Waals surface area contributed by atoms with Crippen LogP contribution in [0.15, 0.2) is 11.1 Å². The van der Waals surface area contributed by atoms with Gasteiger partial charge in [0.05, 0.1) is 12.5 Å². The highest BCUT2D eigenvalue weighted by Crippen LogP contribution is 2.78. The van der Waals surface area contributed by atoms with Crippen LogP contribution < -0.4 is 0 Å². The van der Waals surface area contributed by atoms with Gasteiger partial charge in [0, 0.05) is 11.0 Å². The van der Waals surface area contributed by atoms with E-state index in [1.165, 1.54) is 38.5 Å². The lowest BCUT2D eigenvalue weighted by atomic mass is 9.35. The normalized spacial score (nSPS) is 50.9. The number of esters is 2. The van der Waals surface area contributed by atoms with Crippen LogP contribution in [0.2, 0.25) is 0 Å². The largest absolute Gasteiger partial charge is 0.461 e. The summed E-state index contributed by atoms with van der Waals surface area (Å²) in [6.07, 6.45) is 9.87. The number of cyclic esters (lactones) is 1. The highest BCUT2D eigenvalue weighted by molar-refractivity contribution is 5.94. The summed E-state index contributed by atoms with van der Waals surface area (Å²) >= 11 is 0. The third kappa shape index (κ3) is 3.37. The van der Waals surface area contributed by atoms with Gasteiger partial charge in [-0.2, -0.15) is 0 Å². The molecule has 0 amide bonds. The second-order valence-corrected chi connectivity index (χ2v) is 14.6. The van der Waals surface area contributed by atoms with E-state index in [1.54, 1.807) is 0 Å². The number of fused-ring (bicyclic) bond motifs is 7. The van der Waals surface area contributed by atoms with E-state index in [4.69, 9.17) is 9.47 Å². The zero-order chi connectivity index (χ0) is 26.5. The minimum absolute atomic E-state index is 0.0168. The van der Waals surface area contributed by atoms with E-state index in [-0.39, 0.29) is 47.3 Å². The first kappa shape index (κ1) is 25.9. The molecule has 37 heavy (non-hydrogen) atoms. The van der Waals surface area contributed by atoms with E-state index in [0.29, 0.717) is 17.8 Å². The summed E-state index contributed by atoms with van der Waals surface area (Å²) < 4.78 is 12.2. The molecule has 4 fully saturated rings. The molecule has 5 nitrogen and oxygen atoms in total. The van der Waals surface area contributed by atoms with E-state index < -0.39 is 11.5 Å². The first-order valence-electron chi connectivity index (χ1n) is 15.2. The van der Waals surface area contributed by atoms with Gasteiger partial charge in [-0.05, 0) is 110 Å². The molecule has 1 spiro atoms. The lowest BCUT2D eigenvalue weighted by Gasteiger charge is -2.69. The van der Waals surface area contributed by atoms with Gasteiger partial charge >= 0.3 is 11.9 Å². The summed E-state index contributed by atoms with van der Waals surface area (Å²) in [5.41, 5.74) is 2.27. The minimum atomic E-state index is -0.686. The molecule has 0 aromatic carbocycles. The molecule has 206 valence electrons. The van der Waals surface area contributed by atoms with Gasteiger partial charge in [0.25, 0.3) is 0 Å². The molecule has 0 saturated heterocycles. The van der Waals surface area contributed by atoms with Gasteiger partial charge in [-0.15, -0.1) is 0 Å². The highest BCUT2D eigenvalue weighted by atomic mass is 16.6. The molecular formula is C32H48O5. The van der Waals surface area contributed by atoms with Crippen LogP contribution in [-0.4, -0.2) is 35.4 Å². The molecule has 4 saturated carbocycles. The number of aliphatic hydroxyl groups excluding tert-OH is 1. The number of ether oxygens (including phenoxy) is 2. The van der Waals surface area contributed by atoms with Crippen LogP contribution in [0.4, 0.5) is 0 Å². The summed E-state index contributed by atoms with van der Waals surface area (Å²) in [7, 11) is 0. The number of carbonyl (C=O) groups excluding carboxylic acids is 2. The second-order valence-electron chi connectivity index (χ2n) is 14.6. The molecule has 3 unspecified atom stereocenters. The average molecular weight is 513 g/mol. The summed E-state index contributed by atoms with van der Waals surface area (Å²) in [6.45, 7) is 13.6. The second kappa shape index (κ2) is 8.32. The molecule has 1 heterocycles. The summed E-state index contributed by atoms with van der Waals surface area (Å²) in [5, 5.41) is 10.2. The van der Waals surface area contributed by atoms with Crippen molar-refractivity contribution in [2.24, 2.45) is 45.3 Å². The van der Waals surface area contributed by atoms with Crippen molar-refractivity contribution in [3.05, 3.63) is 11.1 Å². The third-order valence-corrected chi connectivity index (χ3v) is 13.2. The third-order valence-electron chi connectivity index (χ3n) is 13.2. The first-order chi connectivity index (χ1) is 17.4. The number of rotatable bonds is 4. The maximum absolute atomic E-state index is 13.4. The zero-order valence-electron chi connectivity index (χ0n) is 23.9. The molecular weight excluding hydrogens is 464 g/mol. The molecule has 0 aromatic heterocycles. The number of carbonyl (C=O) groups is 2. The Morgan fingerprint density at radius 2 is 1.78 bits per heavy atom. The van der Waals surface area contributed by atoms with Crippen LogP contribution in [-0.2, 0) is 19.1 Å². The smallest absolute Gasteiger partial charge is 0.335 e. The SMILES string of the molecule is CCC(O)CC(=O)O[C@H]1CC2[C@@]3(C)CCC[C@@]4(C[C@@H]4C)C3CC[C@@]2(C)[C@@H]2CCC3=C(C(=O)O[C@H]3C)[C@@]12C. The van der Waals surface area contributed by atoms with Crippen molar-refractivity contribution < 1.29 is 24.2 Å². The molecule has 1 aliphatic heterocycles. The zero-order valence-corrected chi connectivity index (χ0v) is 23.9. The molecule has 0 bridgehead atoms. The van der Waals surface area contributed by atoms with Gasteiger partial charge in [0.15, 0.2) is 0 Å². The van der Waals surface area contributed by atoms with Gasteiger partial charge in [0.2, 0.25) is 0 Å². The predicted molar refractivity (Wildman–Crippen MR) is 141 cm³/mol. The van der Waals surface area contributed by atoms with Crippen molar-refractivity contribution >= 4 is 11.9 Å². The number of hydrogen-bond donors (Lipinski definition) is 1. The van der Waals surface area contributed by atoms with Gasteiger partial charge in [0.1, 0.15) is 12.2 Å². The Bertz CT molecular complexity index is 1030. The van der Waals surface area contributed by atoms with E-state index in [2.05, 4.69) is 27.7 Å². The Morgan fingerprint density at radius 1 is 1.08 bits per heavy atom. The molecule has 0 aromatic rings. The minimum Gasteiger partial charge on any atom is -0.461 e. The van der Waals surface area contributed by atoms with Gasteiger partial charge in [-0.1, -0.05) is 41.0 Å². The lowest BCUT2D eigenvalue weighted by molar-refractivity contribution is -0.223. The molecule has 6 aliphatic rings. The molecule has 1 N–H and O–H groups in total. The van der Waals surface area contributed by atoms with Crippen molar-refractivity contribution in [2.75, 3.05) is 0 Å². The fourth-order valence-corrected chi connectivity index (χ4v) is 11.4. The maximum Gasteiger partial charge on any atom is 0.335 e. The van der Waals surface area contributed by atoms with Gasteiger partial charge in [-0.3, -0.25) is 4.79 Å². The number of hydrogen-bond acceptors (Lipinski definition) is 5. The molecule has 6 rings (SSSR count). The maximum atomic E-state index is 13.4. The number of aliphatic hydroxyl groups is 1. The topological polar surface area (TPSA) is 72.8 Å². The van der Waals surface area contributed by atoms with Gasteiger partial charge < -0.3 is 14.6 Å². The van der Waals surface area contributed by atoms with E-state index in [1.807, 2.05) is 13.8 Å². The van der Waals surface area contributed by atoms with Crippen LogP contribution in [0.3, 0.4) is 0 Å². The van der Waals surface area contributed by atoms with Crippen molar-refractivity contribution in [3.63, 3.8) is 0 Å². The highest BCUT2D eigenvalue weighted by Gasteiger charge is 2.72. The van der Waals surface area contributed by atoms with Crippen molar-refractivity contribution in [1.82, 2.24) is 0 Å². The van der Waals surface area contributed by atoms with Crippen molar-refractivity contribution in [1.29, 1.82) is 0 Å². The Hall–Kier alpha value is -1.36. The fraction of sp³-hybridized carbons (Fsp3) is 0.875. The fourth-order valence-electron chi connectivity index (χ4n) is 11.4. The first-order valence-corrected chi connectivity index (χ1v) is 15.2. The summed E-state index contributed by atoms with van der Waals surface area (Å²) in [5.74, 6) is 1.79. The van der Waals surface area contributed by atoms with E-state index in [0.717, 1.165) is 42.2 Å². The van der Waals surface area contributed by atoms with Crippen molar-refractivity contribution in [2.45, 2.75) is 130 Å². The van der Waals surface area contributed by atoms with E-state index in [9.17, 15) is 14.7 Å². The Balaban J connectivity index is 1.43. The Kier molecular flexibility index (Phi) is 5.82. The monoisotopic (exact) mass is 512 g/mol. The van der Waals surface area contributed by atoms with Crippen LogP contribution in [0.1, 0.15) is 112 Å². The van der Waals surface area contributed by atoms with Crippen LogP contribution in [0.25, 0.3) is 0 Å². The molecule has 5 aliphatic carbocycles. The molecule has 0 radical (unpaired) electrons. The Labute approximate surface area is 223 Å². The Morgan fingerprint density at radius 3 is 2.46 bits per heavy atom.